The van der Waals surface area contributed by atoms with Gasteiger partial charge in [-0.25, -0.2) is 0 Å². The third kappa shape index (κ3) is 1.76. The molecule has 0 amide bonds. The zero-order valence-corrected chi connectivity index (χ0v) is 15.1. The summed E-state index contributed by atoms with van der Waals surface area (Å²) in [5, 5.41) is 0. The minimum absolute atomic E-state index is 0.256. The smallest absolute Gasteiger partial charge is 0.00685 e. The summed E-state index contributed by atoms with van der Waals surface area (Å²) in [5.41, 5.74) is 6.50. The normalized spacial score (nSPS) is 45.6. The Labute approximate surface area is 137 Å². The minimum atomic E-state index is 0.256. The average molecular weight is 296 g/mol. The van der Waals surface area contributed by atoms with E-state index >= 15 is 0 Å². The molecule has 4 fully saturated rings. The Morgan fingerprint density at radius 2 is 0.591 bits per heavy atom. The van der Waals surface area contributed by atoms with Crippen molar-refractivity contribution in [3.05, 3.63) is 48.6 Å². The summed E-state index contributed by atoms with van der Waals surface area (Å²) in [5.74, 6) is 0. The molecule has 4 aliphatic carbocycles. The van der Waals surface area contributed by atoms with Gasteiger partial charge in [0.1, 0.15) is 0 Å². The molecule has 0 saturated heterocycles. The van der Waals surface area contributed by atoms with Crippen LogP contribution >= 0.6 is 0 Å². The van der Waals surface area contributed by atoms with Gasteiger partial charge in [-0.3, -0.25) is 0 Å². The van der Waals surface area contributed by atoms with E-state index in [1.165, 1.54) is 60.8 Å². The average Bonchev–Trinajstić information content (AvgIpc) is 2.36. The van der Waals surface area contributed by atoms with E-state index in [1.54, 1.807) is 0 Å². The maximum Gasteiger partial charge on any atom is -0.00685 e. The molecule has 4 saturated carbocycles. The molecule has 4 bridgehead atoms. The number of rotatable bonds is 4. The van der Waals surface area contributed by atoms with Crippen LogP contribution < -0.4 is 0 Å². The quantitative estimate of drug-likeness (QED) is 0.511. The van der Waals surface area contributed by atoms with Crippen LogP contribution in [0.1, 0.15) is 66.2 Å². The van der Waals surface area contributed by atoms with Crippen molar-refractivity contribution >= 4 is 0 Å². The van der Waals surface area contributed by atoms with Crippen molar-refractivity contribution in [2.45, 2.75) is 66.2 Å². The molecule has 4 rings (SSSR count). The molecule has 0 nitrogen and oxygen atoms in total. The minimum Gasteiger partial charge on any atom is -0.0996 e. The number of hydrogen-bond donors (Lipinski definition) is 0. The van der Waals surface area contributed by atoms with Crippen molar-refractivity contribution in [2.75, 3.05) is 0 Å². The summed E-state index contributed by atoms with van der Waals surface area (Å²) >= 11 is 0. The van der Waals surface area contributed by atoms with E-state index in [0.717, 1.165) is 0 Å². The summed E-state index contributed by atoms with van der Waals surface area (Å²) < 4.78 is 0. The Balaban J connectivity index is 2.26. The SMILES string of the molecule is C=C(C)C12CC3(C(=C)C)CC(C(=C)C)(C1)CC(C(=C)C)(C2)C3. The Hall–Kier alpha value is -1.04. The molecule has 0 aromatic carbocycles. The van der Waals surface area contributed by atoms with E-state index in [-0.39, 0.29) is 21.7 Å². The Bertz CT molecular complexity index is 456. The molecule has 0 radical (unpaired) electrons. The first-order valence-electron chi connectivity index (χ1n) is 8.66. The number of allylic oxidation sites excluding steroid dienone is 4. The van der Waals surface area contributed by atoms with E-state index in [4.69, 9.17) is 0 Å². The van der Waals surface area contributed by atoms with Gasteiger partial charge >= 0.3 is 0 Å². The monoisotopic (exact) mass is 296 g/mol. The van der Waals surface area contributed by atoms with Gasteiger partial charge < -0.3 is 0 Å². The highest BCUT2D eigenvalue weighted by Crippen LogP contribution is 2.78. The van der Waals surface area contributed by atoms with Gasteiger partial charge in [-0.15, -0.1) is 0 Å². The van der Waals surface area contributed by atoms with Gasteiger partial charge in [0.2, 0.25) is 0 Å². The fraction of sp³-hybridized carbons (Fsp3) is 0.636. The molecule has 0 heterocycles. The molecule has 120 valence electrons. The van der Waals surface area contributed by atoms with Crippen LogP contribution in [0.5, 0.6) is 0 Å². The predicted octanol–water partition coefficient (Wildman–Crippen LogP) is 6.62. The van der Waals surface area contributed by atoms with E-state index < -0.39 is 0 Å². The standard InChI is InChI=1S/C22H32/c1-15(2)19-9-20(16(3)4)12-21(10-19,17(5)6)14-22(11-19,13-20)18(7)8/h1,3,5,7,9-14H2,2,4,6,8H3. The first-order chi connectivity index (χ1) is 10.0. The molecule has 0 N–H and O–H groups in total. The second-order valence-electron chi connectivity index (χ2n) is 9.30. The molecule has 4 aliphatic rings. The molecule has 0 aliphatic heterocycles. The molecule has 0 unspecified atom stereocenters. The van der Waals surface area contributed by atoms with Gasteiger partial charge in [-0.1, -0.05) is 48.6 Å². The molecular weight excluding hydrogens is 264 g/mol. The first kappa shape index (κ1) is 15.8. The van der Waals surface area contributed by atoms with Crippen LogP contribution in [-0.2, 0) is 0 Å². The molecule has 0 heteroatoms. The molecule has 0 atom stereocenters. The van der Waals surface area contributed by atoms with Crippen LogP contribution in [0.15, 0.2) is 48.6 Å². The second kappa shape index (κ2) is 4.28. The maximum atomic E-state index is 4.43. The molecule has 0 aromatic heterocycles. The summed E-state index contributed by atoms with van der Waals surface area (Å²) in [6, 6.07) is 0. The van der Waals surface area contributed by atoms with Gasteiger partial charge in [-0.2, -0.15) is 0 Å². The summed E-state index contributed by atoms with van der Waals surface area (Å²) in [4.78, 5) is 0. The largest absolute Gasteiger partial charge is 0.0996 e. The van der Waals surface area contributed by atoms with Crippen molar-refractivity contribution in [3.63, 3.8) is 0 Å². The molecular formula is C22H32. The highest BCUT2D eigenvalue weighted by Gasteiger charge is 2.68. The van der Waals surface area contributed by atoms with E-state index in [1.807, 2.05) is 0 Å². The Morgan fingerprint density at radius 1 is 0.455 bits per heavy atom. The third-order valence-electron chi connectivity index (χ3n) is 7.68. The molecule has 22 heavy (non-hydrogen) atoms. The second-order valence-corrected chi connectivity index (χ2v) is 9.30. The summed E-state index contributed by atoms with van der Waals surface area (Å²) in [6.45, 7) is 26.7. The summed E-state index contributed by atoms with van der Waals surface area (Å²) in [6.07, 6.45) is 7.47. The van der Waals surface area contributed by atoms with Crippen LogP contribution in [0, 0.1) is 21.7 Å². The Kier molecular flexibility index (Phi) is 3.08. The lowest BCUT2D eigenvalue weighted by Crippen LogP contribution is -2.62. The van der Waals surface area contributed by atoms with Crippen LogP contribution in [0.25, 0.3) is 0 Å². The summed E-state index contributed by atoms with van der Waals surface area (Å²) in [7, 11) is 0. The predicted molar refractivity (Wildman–Crippen MR) is 96.7 cm³/mol. The molecule has 0 spiro atoms. The Morgan fingerprint density at radius 3 is 0.682 bits per heavy atom. The van der Waals surface area contributed by atoms with Crippen LogP contribution in [0.4, 0.5) is 0 Å². The van der Waals surface area contributed by atoms with Gasteiger partial charge in [0.05, 0.1) is 0 Å². The van der Waals surface area contributed by atoms with Crippen molar-refractivity contribution < 1.29 is 0 Å². The molecule has 0 aromatic rings. The lowest BCUT2D eigenvalue weighted by Gasteiger charge is -2.72. The van der Waals surface area contributed by atoms with Gasteiger partial charge in [0.25, 0.3) is 0 Å². The third-order valence-corrected chi connectivity index (χ3v) is 7.68. The maximum absolute atomic E-state index is 4.43. The highest BCUT2D eigenvalue weighted by molar-refractivity contribution is 5.37. The van der Waals surface area contributed by atoms with E-state index in [0.29, 0.717) is 0 Å². The topological polar surface area (TPSA) is 0 Å². The zero-order chi connectivity index (χ0) is 16.6. The number of hydrogen-bond acceptors (Lipinski definition) is 0. The fourth-order valence-corrected chi connectivity index (χ4v) is 6.45. The van der Waals surface area contributed by atoms with Crippen molar-refractivity contribution in [2.24, 2.45) is 21.7 Å². The van der Waals surface area contributed by atoms with Crippen LogP contribution in [0.2, 0.25) is 0 Å². The van der Waals surface area contributed by atoms with E-state index in [9.17, 15) is 0 Å². The first-order valence-corrected chi connectivity index (χ1v) is 8.66. The lowest BCUT2D eigenvalue weighted by molar-refractivity contribution is -0.146. The fourth-order valence-electron chi connectivity index (χ4n) is 6.45. The van der Waals surface area contributed by atoms with E-state index in [2.05, 4.69) is 54.0 Å². The lowest BCUT2D eigenvalue weighted by atomic mass is 9.32. The van der Waals surface area contributed by atoms with Crippen molar-refractivity contribution in [1.29, 1.82) is 0 Å². The van der Waals surface area contributed by atoms with Crippen molar-refractivity contribution in [3.8, 4) is 0 Å². The van der Waals surface area contributed by atoms with Crippen molar-refractivity contribution in [1.82, 2.24) is 0 Å². The van der Waals surface area contributed by atoms with Gasteiger partial charge in [0.15, 0.2) is 0 Å². The van der Waals surface area contributed by atoms with Crippen LogP contribution in [0.3, 0.4) is 0 Å². The highest BCUT2D eigenvalue weighted by atomic mass is 14.7. The zero-order valence-electron chi connectivity index (χ0n) is 15.1. The van der Waals surface area contributed by atoms with Crippen LogP contribution in [-0.4, -0.2) is 0 Å². The van der Waals surface area contributed by atoms with Gasteiger partial charge in [0, 0.05) is 0 Å². The van der Waals surface area contributed by atoms with Gasteiger partial charge in [-0.05, 0) is 87.9 Å².